The summed E-state index contributed by atoms with van der Waals surface area (Å²) in [5.74, 6) is -0.0589. The van der Waals surface area contributed by atoms with Crippen LogP contribution in [-0.4, -0.2) is 20.4 Å². The molecule has 0 fully saturated rings. The topological polar surface area (TPSA) is 59.8 Å². The van der Waals surface area contributed by atoms with Gasteiger partial charge in [0.1, 0.15) is 16.7 Å². The van der Waals surface area contributed by atoms with E-state index >= 15 is 0 Å². The number of amides is 1. The van der Waals surface area contributed by atoms with Crippen molar-refractivity contribution in [3.05, 3.63) is 38.9 Å². The third-order valence-electron chi connectivity index (χ3n) is 2.11. The molecular weight excluding hydrogens is 343 g/mol. The van der Waals surface area contributed by atoms with Crippen LogP contribution < -0.4 is 5.32 Å². The van der Waals surface area contributed by atoms with Gasteiger partial charge < -0.3 is 9.88 Å². The third-order valence-corrected chi connectivity index (χ3v) is 2.91. The molecule has 2 rings (SSSR count). The summed E-state index contributed by atoms with van der Waals surface area (Å²) in [6.45, 7) is 0. The van der Waals surface area contributed by atoms with Gasteiger partial charge in [-0.3, -0.25) is 4.79 Å². The number of rotatable bonds is 2. The van der Waals surface area contributed by atoms with Crippen molar-refractivity contribution in [1.29, 1.82) is 0 Å². The second-order valence-corrected chi connectivity index (χ2v) is 5.09. The molecule has 0 saturated carbocycles. The predicted octanol–water partition coefficient (Wildman–Crippen LogP) is 3.14. The molecule has 2 aromatic rings. The fraction of sp³-hybridized carbons (Fsp3) is 0.100. The first-order valence-electron chi connectivity index (χ1n) is 4.79. The van der Waals surface area contributed by atoms with E-state index in [0.29, 0.717) is 5.69 Å². The van der Waals surface area contributed by atoms with E-state index in [0.717, 1.165) is 4.47 Å². The van der Waals surface area contributed by atoms with Gasteiger partial charge in [-0.1, -0.05) is 11.6 Å². The highest BCUT2D eigenvalue weighted by molar-refractivity contribution is 9.10. The summed E-state index contributed by atoms with van der Waals surface area (Å²) in [6.07, 6.45) is 1.77. The zero-order valence-electron chi connectivity index (χ0n) is 9.12. The second-order valence-electron chi connectivity index (χ2n) is 3.45. The summed E-state index contributed by atoms with van der Waals surface area (Å²) in [4.78, 5) is 19.5. The van der Waals surface area contributed by atoms with E-state index in [9.17, 15) is 4.79 Å². The Morgan fingerprint density at radius 3 is 2.67 bits per heavy atom. The van der Waals surface area contributed by atoms with Gasteiger partial charge in [0.05, 0.1) is 0 Å². The van der Waals surface area contributed by atoms with E-state index < -0.39 is 0 Å². The lowest BCUT2D eigenvalue weighted by Crippen LogP contribution is -2.16. The molecule has 18 heavy (non-hydrogen) atoms. The molecule has 2 heterocycles. The Hall–Kier alpha value is -1.11. The SMILES string of the molecule is Cn1cc(Br)cc1C(=O)Nc1cc(Cl)nc(Cl)n1. The first-order valence-corrected chi connectivity index (χ1v) is 6.34. The normalized spacial score (nSPS) is 10.4. The molecule has 94 valence electrons. The highest BCUT2D eigenvalue weighted by Gasteiger charge is 2.12. The highest BCUT2D eigenvalue weighted by atomic mass is 79.9. The number of halogens is 3. The van der Waals surface area contributed by atoms with Crippen molar-refractivity contribution < 1.29 is 4.79 Å². The quantitative estimate of drug-likeness (QED) is 0.669. The average Bonchev–Trinajstić information content (AvgIpc) is 2.56. The zero-order valence-corrected chi connectivity index (χ0v) is 12.2. The van der Waals surface area contributed by atoms with Gasteiger partial charge in [-0.25, -0.2) is 9.97 Å². The van der Waals surface area contributed by atoms with Gasteiger partial charge in [0.15, 0.2) is 0 Å². The number of hydrogen-bond donors (Lipinski definition) is 1. The Kier molecular flexibility index (Phi) is 3.89. The summed E-state index contributed by atoms with van der Waals surface area (Å²) < 4.78 is 2.50. The van der Waals surface area contributed by atoms with Crippen LogP contribution in [0.1, 0.15) is 10.5 Å². The Labute approximate surface area is 121 Å². The molecule has 0 unspecified atom stereocenters. The Morgan fingerprint density at radius 2 is 2.11 bits per heavy atom. The minimum absolute atomic E-state index is 0.0224. The molecule has 2 aromatic heterocycles. The molecule has 1 N–H and O–H groups in total. The van der Waals surface area contributed by atoms with Gasteiger partial charge in [0.2, 0.25) is 5.28 Å². The van der Waals surface area contributed by atoms with E-state index in [2.05, 4.69) is 31.2 Å². The van der Waals surface area contributed by atoms with Crippen molar-refractivity contribution in [2.45, 2.75) is 0 Å². The van der Waals surface area contributed by atoms with E-state index in [4.69, 9.17) is 23.2 Å². The molecule has 1 amide bonds. The van der Waals surface area contributed by atoms with Gasteiger partial charge in [0.25, 0.3) is 5.91 Å². The maximum atomic E-state index is 12.0. The molecule has 0 aliphatic carbocycles. The van der Waals surface area contributed by atoms with E-state index in [1.54, 1.807) is 23.9 Å². The molecule has 0 aromatic carbocycles. The van der Waals surface area contributed by atoms with Crippen molar-refractivity contribution in [2.24, 2.45) is 7.05 Å². The van der Waals surface area contributed by atoms with Gasteiger partial charge in [-0.05, 0) is 33.6 Å². The van der Waals surface area contributed by atoms with E-state index in [1.807, 2.05) is 0 Å². The second kappa shape index (κ2) is 5.26. The first-order chi connectivity index (χ1) is 8.45. The minimum atomic E-state index is -0.311. The van der Waals surface area contributed by atoms with Crippen molar-refractivity contribution in [3.8, 4) is 0 Å². The molecular formula is C10H7BrCl2N4O. The lowest BCUT2D eigenvalue weighted by molar-refractivity contribution is 0.101. The van der Waals surface area contributed by atoms with Crippen LogP contribution in [-0.2, 0) is 7.05 Å². The standard InChI is InChI=1S/C10H7BrCl2N4O/c1-17-4-5(11)2-6(17)9(18)15-8-3-7(12)14-10(13)16-8/h2-4H,1H3,(H,14,15,16,18). The zero-order chi connectivity index (χ0) is 13.3. The van der Waals surface area contributed by atoms with Crippen molar-refractivity contribution >= 4 is 50.9 Å². The van der Waals surface area contributed by atoms with Crippen molar-refractivity contribution in [3.63, 3.8) is 0 Å². The number of aryl methyl sites for hydroxylation is 1. The molecule has 0 bridgehead atoms. The number of nitrogens with zero attached hydrogens (tertiary/aromatic N) is 3. The highest BCUT2D eigenvalue weighted by Crippen LogP contribution is 2.17. The summed E-state index contributed by atoms with van der Waals surface area (Å²) in [6, 6.07) is 3.11. The predicted molar refractivity (Wildman–Crippen MR) is 73.1 cm³/mol. The van der Waals surface area contributed by atoms with Crippen LogP contribution in [0.3, 0.4) is 0 Å². The molecule has 0 spiro atoms. The molecule has 0 aliphatic rings. The fourth-order valence-electron chi connectivity index (χ4n) is 1.38. The monoisotopic (exact) mass is 348 g/mol. The van der Waals surface area contributed by atoms with Crippen LogP contribution in [0.4, 0.5) is 5.82 Å². The van der Waals surface area contributed by atoms with Crippen LogP contribution in [0, 0.1) is 0 Å². The van der Waals surface area contributed by atoms with Gasteiger partial charge in [-0.2, -0.15) is 0 Å². The van der Waals surface area contributed by atoms with Crippen LogP contribution in [0.5, 0.6) is 0 Å². The number of aromatic nitrogens is 3. The average molecular weight is 350 g/mol. The van der Waals surface area contributed by atoms with E-state index in [1.165, 1.54) is 6.07 Å². The number of hydrogen-bond acceptors (Lipinski definition) is 3. The third kappa shape index (κ3) is 3.01. The minimum Gasteiger partial charge on any atom is -0.345 e. The molecule has 0 saturated heterocycles. The van der Waals surface area contributed by atoms with Gasteiger partial charge in [0, 0.05) is 23.8 Å². The summed E-state index contributed by atoms with van der Waals surface area (Å²) in [5.41, 5.74) is 0.479. The maximum absolute atomic E-state index is 12.0. The summed E-state index contributed by atoms with van der Waals surface area (Å²) >= 11 is 14.7. The number of carbonyl (C=O) groups is 1. The largest absolute Gasteiger partial charge is 0.345 e. The fourth-order valence-corrected chi connectivity index (χ4v) is 2.32. The maximum Gasteiger partial charge on any atom is 0.273 e. The van der Waals surface area contributed by atoms with Crippen molar-refractivity contribution in [1.82, 2.24) is 14.5 Å². The molecule has 8 heteroatoms. The molecule has 0 radical (unpaired) electrons. The van der Waals surface area contributed by atoms with Crippen LogP contribution in [0.25, 0.3) is 0 Å². The van der Waals surface area contributed by atoms with Gasteiger partial charge in [-0.15, -0.1) is 0 Å². The van der Waals surface area contributed by atoms with Crippen molar-refractivity contribution in [2.75, 3.05) is 5.32 Å². The van der Waals surface area contributed by atoms with Crippen LogP contribution >= 0.6 is 39.1 Å². The first kappa shape index (κ1) is 13.3. The van der Waals surface area contributed by atoms with E-state index in [-0.39, 0.29) is 22.2 Å². The molecule has 0 atom stereocenters. The Bertz CT molecular complexity index is 594. The lowest BCUT2D eigenvalue weighted by atomic mass is 10.4. The van der Waals surface area contributed by atoms with Crippen LogP contribution in [0.2, 0.25) is 10.4 Å². The summed E-state index contributed by atoms with van der Waals surface area (Å²) in [7, 11) is 1.76. The molecule has 0 aliphatic heterocycles. The number of nitrogens with one attached hydrogen (secondary N) is 1. The smallest absolute Gasteiger partial charge is 0.273 e. The van der Waals surface area contributed by atoms with Crippen LogP contribution in [0.15, 0.2) is 22.8 Å². The number of carbonyl (C=O) groups excluding carboxylic acids is 1. The Morgan fingerprint density at radius 1 is 1.39 bits per heavy atom. The van der Waals surface area contributed by atoms with Gasteiger partial charge >= 0.3 is 0 Å². The number of anilines is 1. The Balaban J connectivity index is 2.23. The summed E-state index contributed by atoms with van der Waals surface area (Å²) in [5, 5.41) is 2.74. The molecule has 5 nitrogen and oxygen atoms in total. The lowest BCUT2D eigenvalue weighted by Gasteiger charge is -2.05.